The molecule has 1 N–H and O–H groups in total. The minimum Gasteiger partial charge on any atom is -0.367 e. The van der Waals surface area contributed by atoms with Crippen molar-refractivity contribution in [1.82, 2.24) is 5.32 Å². The molecule has 3 heteroatoms. The number of hydrogen-bond acceptors (Lipinski definition) is 3. The first kappa shape index (κ1) is 10.9. The van der Waals surface area contributed by atoms with Crippen LogP contribution in [-0.4, -0.2) is 24.7 Å². The van der Waals surface area contributed by atoms with Crippen molar-refractivity contribution in [2.45, 2.75) is 19.3 Å². The first-order valence-corrected chi connectivity index (χ1v) is 5.76. The lowest BCUT2D eigenvalue weighted by Crippen LogP contribution is -2.33. The molecule has 1 aliphatic rings. The molecule has 0 bridgehead atoms. The predicted molar refractivity (Wildman–Crippen MR) is 64.9 cm³/mol. The van der Waals surface area contributed by atoms with E-state index < -0.39 is 0 Å². The first-order valence-electron chi connectivity index (χ1n) is 5.76. The summed E-state index contributed by atoms with van der Waals surface area (Å²) in [6.07, 6.45) is 3.37. The molecule has 0 aromatic heterocycles. The van der Waals surface area contributed by atoms with E-state index in [1.807, 2.05) is 30.3 Å². The Bertz CT molecular complexity index is 384. The quantitative estimate of drug-likeness (QED) is 0.769. The van der Waals surface area contributed by atoms with Crippen LogP contribution in [0.25, 0.3) is 0 Å². The molecule has 2 rings (SSSR count). The van der Waals surface area contributed by atoms with Gasteiger partial charge in [-0.2, -0.15) is 0 Å². The molecule has 0 amide bonds. The molecule has 0 saturated carbocycles. The predicted octanol–water partition coefficient (Wildman–Crippen LogP) is 2.04. The molecule has 1 aromatic carbocycles. The van der Waals surface area contributed by atoms with Gasteiger partial charge in [-0.15, -0.1) is 0 Å². The highest BCUT2D eigenvalue weighted by Crippen LogP contribution is 2.04. The Balaban J connectivity index is 2.14. The molecule has 0 saturated heterocycles. The number of benzene rings is 1. The van der Waals surface area contributed by atoms with E-state index in [0.29, 0.717) is 11.4 Å². The number of carbonyl (C=O) groups excluding carboxylic acids is 1. The second kappa shape index (κ2) is 5.45. The first-order chi connectivity index (χ1) is 7.88. The van der Waals surface area contributed by atoms with Crippen molar-refractivity contribution in [3.05, 3.63) is 35.9 Å². The molecule has 0 atom stereocenters. The van der Waals surface area contributed by atoms with Crippen LogP contribution >= 0.6 is 0 Å². The van der Waals surface area contributed by atoms with Crippen molar-refractivity contribution in [3.8, 4) is 0 Å². The van der Waals surface area contributed by atoms with Gasteiger partial charge >= 0.3 is 0 Å². The third kappa shape index (κ3) is 2.69. The summed E-state index contributed by atoms with van der Waals surface area (Å²) in [5, 5.41) is 3.12. The Morgan fingerprint density at radius 3 is 2.75 bits per heavy atom. The summed E-state index contributed by atoms with van der Waals surface area (Å²) < 4.78 is 0. The van der Waals surface area contributed by atoms with Crippen LogP contribution in [0.5, 0.6) is 0 Å². The van der Waals surface area contributed by atoms with E-state index in [9.17, 15) is 4.79 Å². The molecule has 1 aromatic rings. The van der Waals surface area contributed by atoms with E-state index in [4.69, 9.17) is 0 Å². The van der Waals surface area contributed by atoms with Gasteiger partial charge < -0.3 is 5.32 Å². The van der Waals surface area contributed by atoms with Crippen LogP contribution in [-0.2, 0) is 0 Å². The number of ketones is 1. The summed E-state index contributed by atoms with van der Waals surface area (Å²) in [6.45, 7) is 1.60. The summed E-state index contributed by atoms with van der Waals surface area (Å²) >= 11 is 0. The third-order valence-corrected chi connectivity index (χ3v) is 2.65. The van der Waals surface area contributed by atoms with Gasteiger partial charge in [0, 0.05) is 18.7 Å². The number of nitrogens with zero attached hydrogens (tertiary/aromatic N) is 1. The van der Waals surface area contributed by atoms with Gasteiger partial charge in [0.2, 0.25) is 5.78 Å². The molecule has 0 unspecified atom stereocenters. The molecule has 1 heterocycles. The molecule has 16 heavy (non-hydrogen) atoms. The van der Waals surface area contributed by atoms with Gasteiger partial charge in [-0.3, -0.25) is 9.79 Å². The van der Waals surface area contributed by atoms with Crippen LogP contribution in [0.3, 0.4) is 0 Å². The van der Waals surface area contributed by atoms with Gasteiger partial charge in [0.25, 0.3) is 0 Å². The van der Waals surface area contributed by atoms with E-state index >= 15 is 0 Å². The van der Waals surface area contributed by atoms with Gasteiger partial charge in [0.05, 0.1) is 0 Å². The minimum absolute atomic E-state index is 0.00231. The molecule has 0 aliphatic carbocycles. The number of rotatable bonds is 2. The fraction of sp³-hybridized carbons (Fsp3) is 0.385. The standard InChI is InChI=1S/C13H16N2O/c16-12(11-7-3-1-4-8-11)13-14-9-5-2-6-10-15-13/h1,3-4,7-8H,2,5-6,9-10H2,(H,14,15). The summed E-state index contributed by atoms with van der Waals surface area (Å²) in [6, 6.07) is 9.30. The maximum atomic E-state index is 12.1. The van der Waals surface area contributed by atoms with Crippen molar-refractivity contribution in [1.29, 1.82) is 0 Å². The van der Waals surface area contributed by atoms with Crippen LogP contribution in [0.1, 0.15) is 29.6 Å². The lowest BCUT2D eigenvalue weighted by molar-refractivity contribution is 0.106. The zero-order valence-electron chi connectivity index (χ0n) is 9.28. The van der Waals surface area contributed by atoms with E-state index in [2.05, 4.69) is 10.3 Å². The van der Waals surface area contributed by atoms with Crippen molar-refractivity contribution >= 4 is 11.6 Å². The van der Waals surface area contributed by atoms with Crippen molar-refractivity contribution in [2.75, 3.05) is 13.1 Å². The average molecular weight is 216 g/mol. The Hall–Kier alpha value is -1.64. The minimum atomic E-state index is 0.00231. The third-order valence-electron chi connectivity index (χ3n) is 2.65. The van der Waals surface area contributed by atoms with Crippen molar-refractivity contribution < 1.29 is 4.79 Å². The van der Waals surface area contributed by atoms with Crippen LogP contribution < -0.4 is 5.32 Å². The maximum Gasteiger partial charge on any atom is 0.227 e. The van der Waals surface area contributed by atoms with Gasteiger partial charge in [-0.1, -0.05) is 30.3 Å². The topological polar surface area (TPSA) is 41.5 Å². The fourth-order valence-corrected chi connectivity index (χ4v) is 1.75. The highest BCUT2D eigenvalue weighted by molar-refractivity contribution is 6.45. The van der Waals surface area contributed by atoms with E-state index in [-0.39, 0.29) is 5.78 Å². The zero-order chi connectivity index (χ0) is 11.2. The SMILES string of the molecule is O=C(C1=NCCCCCN1)c1ccccc1. The highest BCUT2D eigenvalue weighted by atomic mass is 16.1. The Morgan fingerprint density at radius 2 is 1.94 bits per heavy atom. The lowest BCUT2D eigenvalue weighted by Gasteiger charge is -2.12. The molecular weight excluding hydrogens is 200 g/mol. The van der Waals surface area contributed by atoms with Crippen molar-refractivity contribution in [2.24, 2.45) is 4.99 Å². The molecule has 0 spiro atoms. The number of hydrogen-bond donors (Lipinski definition) is 1. The largest absolute Gasteiger partial charge is 0.367 e. The van der Waals surface area contributed by atoms with Crippen molar-refractivity contribution in [3.63, 3.8) is 0 Å². The van der Waals surface area contributed by atoms with Crippen LogP contribution in [0.15, 0.2) is 35.3 Å². The van der Waals surface area contributed by atoms with E-state index in [1.165, 1.54) is 6.42 Å². The van der Waals surface area contributed by atoms with Crippen LogP contribution in [0, 0.1) is 0 Å². The molecule has 0 radical (unpaired) electrons. The normalized spacial score (nSPS) is 16.6. The molecule has 0 fully saturated rings. The molecule has 3 nitrogen and oxygen atoms in total. The zero-order valence-corrected chi connectivity index (χ0v) is 9.28. The second-order valence-corrected chi connectivity index (χ2v) is 3.91. The van der Waals surface area contributed by atoms with Gasteiger partial charge in [-0.25, -0.2) is 0 Å². The average Bonchev–Trinajstić information content (AvgIpc) is 2.29. The Kier molecular flexibility index (Phi) is 3.70. The summed E-state index contributed by atoms with van der Waals surface area (Å²) in [4.78, 5) is 16.4. The number of nitrogens with one attached hydrogen (secondary N) is 1. The second-order valence-electron chi connectivity index (χ2n) is 3.91. The Labute approximate surface area is 95.6 Å². The fourth-order valence-electron chi connectivity index (χ4n) is 1.75. The van der Waals surface area contributed by atoms with E-state index in [1.54, 1.807) is 0 Å². The Morgan fingerprint density at radius 1 is 1.12 bits per heavy atom. The smallest absolute Gasteiger partial charge is 0.227 e. The number of aliphatic imine (C=N–C) groups is 1. The maximum absolute atomic E-state index is 12.1. The van der Waals surface area contributed by atoms with Crippen LogP contribution in [0.2, 0.25) is 0 Å². The van der Waals surface area contributed by atoms with Crippen LogP contribution in [0.4, 0.5) is 0 Å². The summed E-state index contributed by atoms with van der Waals surface area (Å²) in [5.41, 5.74) is 0.703. The highest BCUT2D eigenvalue weighted by Gasteiger charge is 2.13. The summed E-state index contributed by atoms with van der Waals surface area (Å²) in [7, 11) is 0. The number of Topliss-reactive ketones (excluding diaryl/α,β-unsaturated/α-hetero) is 1. The van der Waals surface area contributed by atoms with E-state index in [0.717, 1.165) is 25.9 Å². The monoisotopic (exact) mass is 216 g/mol. The van der Waals surface area contributed by atoms with Gasteiger partial charge in [0.1, 0.15) is 0 Å². The molecular formula is C13H16N2O. The molecule has 84 valence electrons. The molecule has 1 aliphatic heterocycles. The van der Waals surface area contributed by atoms with Gasteiger partial charge in [0.15, 0.2) is 5.84 Å². The number of carbonyl (C=O) groups is 1. The summed E-state index contributed by atoms with van der Waals surface area (Å²) in [5.74, 6) is 0.522. The number of amidine groups is 1. The van der Waals surface area contributed by atoms with Gasteiger partial charge in [-0.05, 0) is 19.3 Å². The lowest BCUT2D eigenvalue weighted by atomic mass is 10.1.